The summed E-state index contributed by atoms with van der Waals surface area (Å²) in [5, 5.41) is 10.7. The smallest absolute Gasteiger partial charge is 0.193 e. The largest absolute Gasteiger partial charge is 0.384 e. The number of carbonyl (C=O) groups excluding carboxylic acids is 1. The zero-order chi connectivity index (χ0) is 27.9. The van der Waals surface area contributed by atoms with E-state index >= 15 is 0 Å². The van der Waals surface area contributed by atoms with Crippen molar-refractivity contribution in [3.8, 4) is 23.7 Å². The van der Waals surface area contributed by atoms with Gasteiger partial charge >= 0.3 is 0 Å². The lowest BCUT2D eigenvalue weighted by molar-refractivity contribution is 0.103. The fourth-order valence-electron chi connectivity index (χ4n) is 4.25. The van der Waals surface area contributed by atoms with Gasteiger partial charge in [0.1, 0.15) is 6.10 Å². The minimum Gasteiger partial charge on any atom is -0.384 e. The first kappa shape index (κ1) is 26.5. The van der Waals surface area contributed by atoms with Crippen LogP contribution in [0.25, 0.3) is 0 Å². The lowest BCUT2D eigenvalue weighted by Gasteiger charge is -2.11. The van der Waals surface area contributed by atoms with Crippen LogP contribution in [-0.2, 0) is 0 Å². The van der Waals surface area contributed by atoms with Crippen molar-refractivity contribution in [2.24, 2.45) is 0 Å². The first-order chi connectivity index (χ1) is 19.5. The predicted octanol–water partition coefficient (Wildman–Crippen LogP) is 7.42. The molecule has 1 unspecified atom stereocenters. The Hall–Kier alpha value is -5.15. The summed E-state index contributed by atoms with van der Waals surface area (Å²) in [4.78, 5) is 12.7. The Morgan fingerprint density at radius 3 is 1.38 bits per heavy atom. The molecule has 0 spiro atoms. The number of ketones is 1. The molecule has 2 nitrogen and oxygen atoms in total. The maximum absolute atomic E-state index is 12.7. The first-order valence-corrected chi connectivity index (χ1v) is 13.2. The van der Waals surface area contributed by atoms with Crippen molar-refractivity contribution in [3.63, 3.8) is 0 Å². The fourth-order valence-corrected chi connectivity index (χ4v) is 4.25. The summed E-state index contributed by atoms with van der Waals surface area (Å²) in [7, 11) is 0. The number of rotatable bonds is 4. The number of carbonyl (C=O) groups is 1. The number of hydrogen-bond donors (Lipinski definition) is 1. The van der Waals surface area contributed by atoms with Gasteiger partial charge in [-0.05, 0) is 73.5 Å². The molecule has 5 aromatic rings. The molecule has 0 aliphatic carbocycles. The van der Waals surface area contributed by atoms with Crippen molar-refractivity contribution in [1.82, 2.24) is 0 Å². The van der Waals surface area contributed by atoms with Gasteiger partial charge in [0.05, 0.1) is 0 Å². The van der Waals surface area contributed by atoms with E-state index in [1.165, 1.54) is 0 Å². The van der Waals surface area contributed by atoms with E-state index in [0.29, 0.717) is 11.1 Å². The number of benzene rings is 5. The zero-order valence-corrected chi connectivity index (χ0v) is 22.5. The Balaban J connectivity index is 1.29. The minimum atomic E-state index is -0.673. The molecule has 192 valence electrons. The molecule has 0 fully saturated rings. The van der Waals surface area contributed by atoms with Gasteiger partial charge in [-0.2, -0.15) is 0 Å². The van der Waals surface area contributed by atoms with Crippen molar-refractivity contribution < 1.29 is 9.90 Å². The van der Waals surface area contributed by atoms with Crippen LogP contribution in [-0.4, -0.2) is 10.9 Å². The van der Waals surface area contributed by atoms with Crippen LogP contribution in [0.5, 0.6) is 0 Å². The molecule has 1 N–H and O–H groups in total. The van der Waals surface area contributed by atoms with Gasteiger partial charge in [0.25, 0.3) is 0 Å². The summed E-state index contributed by atoms with van der Waals surface area (Å²) in [6, 6.07) is 38.3. The van der Waals surface area contributed by atoms with Gasteiger partial charge in [-0.1, -0.05) is 108 Å². The summed E-state index contributed by atoms with van der Waals surface area (Å²) in [6.07, 6.45) is -0.673. The van der Waals surface area contributed by atoms with Crippen LogP contribution in [0, 0.1) is 37.5 Å². The molecule has 0 saturated heterocycles. The topological polar surface area (TPSA) is 37.3 Å². The highest BCUT2D eigenvalue weighted by Crippen LogP contribution is 2.22. The number of aliphatic hydroxyl groups is 1. The van der Waals surface area contributed by atoms with Crippen LogP contribution in [0.3, 0.4) is 0 Å². The molecule has 1 atom stereocenters. The summed E-state index contributed by atoms with van der Waals surface area (Å²) in [6.45, 7) is 4.03. The van der Waals surface area contributed by atoms with Gasteiger partial charge in [0, 0.05) is 33.4 Å². The molecular formula is C38H28O2. The van der Waals surface area contributed by atoms with E-state index in [-0.39, 0.29) is 5.78 Å². The fraction of sp³-hybridized carbons (Fsp3) is 0.0789. The average molecular weight is 517 g/mol. The molecular weight excluding hydrogens is 488 g/mol. The second-order valence-electron chi connectivity index (χ2n) is 9.75. The van der Waals surface area contributed by atoms with Gasteiger partial charge in [-0.15, -0.1) is 0 Å². The standard InChI is InChI=1S/C38H28O2/c1-27-7-17-33(18-8-27)37(39)35-23-13-29(14-24-35)11-21-31-5-3-4-6-32(31)22-12-30-15-25-36(26-16-30)38(40)34-19-9-28(2)10-20-34/h3-10,13-20,23-26,37,39H,1-2H3. The van der Waals surface area contributed by atoms with Crippen molar-refractivity contribution in [2.75, 3.05) is 0 Å². The van der Waals surface area contributed by atoms with Gasteiger partial charge in [0.2, 0.25) is 0 Å². The predicted molar refractivity (Wildman–Crippen MR) is 161 cm³/mol. The molecule has 0 radical (unpaired) electrons. The summed E-state index contributed by atoms with van der Waals surface area (Å²) in [5.74, 6) is 12.9. The van der Waals surface area contributed by atoms with Crippen LogP contribution in [0.2, 0.25) is 0 Å². The Morgan fingerprint density at radius 1 is 0.525 bits per heavy atom. The monoisotopic (exact) mass is 516 g/mol. The van der Waals surface area contributed by atoms with Gasteiger partial charge in [-0.25, -0.2) is 0 Å². The Morgan fingerprint density at radius 2 is 0.900 bits per heavy atom. The van der Waals surface area contributed by atoms with E-state index in [9.17, 15) is 9.90 Å². The summed E-state index contributed by atoms with van der Waals surface area (Å²) in [5.41, 5.74) is 8.64. The third-order valence-electron chi connectivity index (χ3n) is 6.69. The quantitative estimate of drug-likeness (QED) is 0.199. The molecule has 0 bridgehead atoms. The highest BCUT2D eigenvalue weighted by Gasteiger charge is 2.10. The van der Waals surface area contributed by atoms with Crippen molar-refractivity contribution in [1.29, 1.82) is 0 Å². The summed E-state index contributed by atoms with van der Waals surface area (Å²) >= 11 is 0. The van der Waals surface area contributed by atoms with Gasteiger partial charge in [0.15, 0.2) is 5.78 Å². The molecule has 0 aromatic heterocycles. The Labute approximate surface area is 236 Å². The second-order valence-corrected chi connectivity index (χ2v) is 9.75. The number of aliphatic hydroxyl groups excluding tert-OH is 1. The third-order valence-corrected chi connectivity index (χ3v) is 6.69. The van der Waals surface area contributed by atoms with E-state index in [1.54, 1.807) is 0 Å². The highest BCUT2D eigenvalue weighted by molar-refractivity contribution is 6.09. The number of aryl methyl sites for hydroxylation is 2. The SMILES string of the molecule is Cc1ccc(C(=O)c2ccc(C#Cc3ccccc3C#Cc3ccc(C(O)c4ccc(C)cc4)cc3)cc2)cc1. The Kier molecular flexibility index (Phi) is 8.03. The average Bonchev–Trinajstić information content (AvgIpc) is 3.00. The molecule has 0 aliphatic rings. The van der Waals surface area contributed by atoms with Crippen LogP contribution in [0.1, 0.15) is 66.5 Å². The normalized spacial score (nSPS) is 11.0. The highest BCUT2D eigenvalue weighted by atomic mass is 16.3. The molecule has 5 aromatic carbocycles. The molecule has 0 amide bonds. The van der Waals surface area contributed by atoms with Gasteiger partial charge in [-0.3, -0.25) is 4.79 Å². The molecule has 5 rings (SSSR count). The maximum atomic E-state index is 12.7. The lowest BCUT2D eigenvalue weighted by atomic mass is 9.99. The Bertz CT molecular complexity index is 1750. The minimum absolute atomic E-state index is 0.00202. The first-order valence-electron chi connectivity index (χ1n) is 13.2. The van der Waals surface area contributed by atoms with Crippen LogP contribution in [0.15, 0.2) is 121 Å². The molecule has 0 heterocycles. The van der Waals surface area contributed by atoms with E-state index in [0.717, 1.165) is 44.5 Å². The van der Waals surface area contributed by atoms with Gasteiger partial charge < -0.3 is 5.11 Å². The van der Waals surface area contributed by atoms with Crippen LogP contribution >= 0.6 is 0 Å². The van der Waals surface area contributed by atoms with E-state index < -0.39 is 6.10 Å². The molecule has 2 heteroatoms. The van der Waals surface area contributed by atoms with Crippen molar-refractivity contribution >= 4 is 5.78 Å². The van der Waals surface area contributed by atoms with Crippen LogP contribution < -0.4 is 0 Å². The molecule has 40 heavy (non-hydrogen) atoms. The van der Waals surface area contributed by atoms with Crippen LogP contribution in [0.4, 0.5) is 0 Å². The summed E-state index contributed by atoms with van der Waals surface area (Å²) < 4.78 is 0. The number of hydrogen-bond acceptors (Lipinski definition) is 2. The second kappa shape index (κ2) is 12.1. The van der Waals surface area contributed by atoms with Crippen molar-refractivity contribution in [3.05, 3.63) is 177 Å². The molecule has 0 aliphatic heterocycles. The third kappa shape index (κ3) is 6.46. The lowest BCUT2D eigenvalue weighted by Crippen LogP contribution is -2.00. The van der Waals surface area contributed by atoms with Crippen molar-refractivity contribution in [2.45, 2.75) is 20.0 Å². The van der Waals surface area contributed by atoms with E-state index in [1.807, 2.05) is 135 Å². The van der Waals surface area contributed by atoms with E-state index in [2.05, 4.69) is 23.7 Å². The zero-order valence-electron chi connectivity index (χ0n) is 22.5. The maximum Gasteiger partial charge on any atom is 0.193 e. The molecule has 0 saturated carbocycles. The van der Waals surface area contributed by atoms with E-state index in [4.69, 9.17) is 0 Å².